The van der Waals surface area contributed by atoms with E-state index in [0.29, 0.717) is 0 Å². The Kier molecular flexibility index (Phi) is 4.82. The van der Waals surface area contributed by atoms with Gasteiger partial charge in [0.25, 0.3) is 5.69 Å². The fraction of sp³-hybridized carbons (Fsp3) is 0.417. The van der Waals surface area contributed by atoms with Crippen molar-refractivity contribution in [1.82, 2.24) is 0 Å². The van der Waals surface area contributed by atoms with Gasteiger partial charge in [0.1, 0.15) is 11.4 Å². The van der Waals surface area contributed by atoms with E-state index in [1.807, 2.05) is 13.8 Å². The topological polar surface area (TPSA) is 118 Å². The van der Waals surface area contributed by atoms with E-state index in [4.69, 9.17) is 5.73 Å². The number of carbonyl (C=O) groups excluding carboxylic acids is 1. The molecule has 0 spiro atoms. The lowest BCUT2D eigenvalue weighted by atomic mass is 9.99. The van der Waals surface area contributed by atoms with Gasteiger partial charge in [-0.25, -0.2) is 0 Å². The largest absolute Gasteiger partial charge is 0.508 e. The highest BCUT2D eigenvalue weighted by atomic mass is 16.6. The minimum absolute atomic E-state index is 0.0200. The minimum Gasteiger partial charge on any atom is -0.508 e. The van der Waals surface area contributed by atoms with Crippen molar-refractivity contribution in [3.05, 3.63) is 28.3 Å². The second kappa shape index (κ2) is 6.14. The average molecular weight is 267 g/mol. The predicted molar refractivity (Wildman–Crippen MR) is 70.8 cm³/mol. The SMILES string of the molecule is CC[C@H](C)[C@H](N)C(=O)Nc1ccc(O)cc1[N+](=O)[O-]. The molecule has 7 nitrogen and oxygen atoms in total. The van der Waals surface area contributed by atoms with E-state index in [1.165, 1.54) is 12.1 Å². The van der Waals surface area contributed by atoms with Gasteiger partial charge >= 0.3 is 0 Å². The van der Waals surface area contributed by atoms with E-state index in [2.05, 4.69) is 5.32 Å². The van der Waals surface area contributed by atoms with E-state index in [1.54, 1.807) is 0 Å². The van der Waals surface area contributed by atoms with E-state index in [0.717, 1.165) is 12.5 Å². The van der Waals surface area contributed by atoms with Gasteiger partial charge in [0, 0.05) is 0 Å². The molecule has 0 radical (unpaired) electrons. The van der Waals surface area contributed by atoms with Gasteiger partial charge in [-0.2, -0.15) is 0 Å². The zero-order chi connectivity index (χ0) is 14.6. The van der Waals surface area contributed by atoms with Gasteiger partial charge in [-0.05, 0) is 18.1 Å². The molecule has 0 unspecified atom stereocenters. The van der Waals surface area contributed by atoms with Crippen LogP contribution in [0.4, 0.5) is 11.4 Å². The number of hydrogen-bond donors (Lipinski definition) is 3. The third kappa shape index (κ3) is 3.65. The molecule has 19 heavy (non-hydrogen) atoms. The first-order valence-corrected chi connectivity index (χ1v) is 5.90. The molecule has 7 heteroatoms. The summed E-state index contributed by atoms with van der Waals surface area (Å²) in [6, 6.07) is 2.77. The molecule has 0 bridgehead atoms. The van der Waals surface area contributed by atoms with Crippen LogP contribution in [-0.2, 0) is 4.79 Å². The smallest absolute Gasteiger partial charge is 0.296 e. The Hall–Kier alpha value is -2.15. The summed E-state index contributed by atoms with van der Waals surface area (Å²) in [5, 5.41) is 22.5. The minimum atomic E-state index is -0.738. The second-order valence-electron chi connectivity index (χ2n) is 4.36. The summed E-state index contributed by atoms with van der Waals surface area (Å²) >= 11 is 0. The fourth-order valence-corrected chi connectivity index (χ4v) is 1.51. The summed E-state index contributed by atoms with van der Waals surface area (Å²) < 4.78 is 0. The number of nitrogens with zero attached hydrogens (tertiary/aromatic N) is 1. The number of aromatic hydroxyl groups is 1. The number of nitro groups is 1. The number of phenols is 1. The molecule has 104 valence electrons. The normalized spacial score (nSPS) is 13.6. The number of anilines is 1. The number of nitrogens with two attached hydrogens (primary N) is 1. The molecular weight excluding hydrogens is 250 g/mol. The van der Waals surface area contributed by atoms with Crippen LogP contribution in [0, 0.1) is 16.0 Å². The molecule has 0 fully saturated rings. The van der Waals surface area contributed by atoms with Gasteiger partial charge < -0.3 is 16.2 Å². The number of nitro benzene ring substituents is 1. The van der Waals surface area contributed by atoms with Crippen molar-refractivity contribution in [3.63, 3.8) is 0 Å². The Morgan fingerprint density at radius 2 is 2.21 bits per heavy atom. The number of hydrogen-bond acceptors (Lipinski definition) is 5. The third-order valence-corrected chi connectivity index (χ3v) is 3.00. The van der Waals surface area contributed by atoms with E-state index in [9.17, 15) is 20.0 Å². The molecule has 1 aromatic carbocycles. The summed E-state index contributed by atoms with van der Waals surface area (Å²) in [4.78, 5) is 22.0. The number of phenolic OH excluding ortho intramolecular Hbond substituents is 1. The summed E-state index contributed by atoms with van der Waals surface area (Å²) in [6.45, 7) is 3.73. The van der Waals surface area contributed by atoms with Gasteiger partial charge in [-0.3, -0.25) is 14.9 Å². The first kappa shape index (κ1) is 14.9. The highest BCUT2D eigenvalue weighted by Gasteiger charge is 2.23. The zero-order valence-corrected chi connectivity index (χ0v) is 10.8. The molecule has 1 amide bonds. The standard InChI is InChI=1S/C12H17N3O4/c1-3-7(2)11(13)12(17)14-9-5-4-8(16)6-10(9)15(18)19/h4-7,11,16H,3,13H2,1-2H3,(H,14,17)/t7-,11-/m0/s1. The van der Waals surface area contributed by atoms with E-state index >= 15 is 0 Å². The number of benzene rings is 1. The number of rotatable bonds is 5. The lowest BCUT2D eigenvalue weighted by molar-refractivity contribution is -0.384. The van der Waals surface area contributed by atoms with E-state index in [-0.39, 0.29) is 23.0 Å². The van der Waals surface area contributed by atoms with Gasteiger partial charge in [-0.1, -0.05) is 20.3 Å². The molecule has 1 aromatic rings. The summed E-state index contributed by atoms with van der Waals surface area (Å²) in [5.74, 6) is -0.754. The molecule has 0 aliphatic heterocycles. The Balaban J connectivity index is 2.94. The van der Waals surface area contributed by atoms with Gasteiger partial charge in [0.15, 0.2) is 0 Å². The first-order chi connectivity index (χ1) is 8.86. The molecule has 2 atom stereocenters. The van der Waals surface area contributed by atoms with Crippen LogP contribution in [0.15, 0.2) is 18.2 Å². The lowest BCUT2D eigenvalue weighted by Crippen LogP contribution is -2.40. The average Bonchev–Trinajstić information content (AvgIpc) is 2.38. The predicted octanol–water partition coefficient (Wildman–Crippen LogP) is 1.61. The van der Waals surface area contributed by atoms with E-state index < -0.39 is 16.9 Å². The van der Waals surface area contributed by atoms with Crippen LogP contribution in [0.3, 0.4) is 0 Å². The molecule has 0 aliphatic rings. The molecule has 4 N–H and O–H groups in total. The van der Waals surface area contributed by atoms with Crippen molar-refractivity contribution < 1.29 is 14.8 Å². The molecule has 1 rings (SSSR count). The maximum atomic E-state index is 11.9. The van der Waals surface area contributed by atoms with Gasteiger partial charge in [0.05, 0.1) is 17.0 Å². The van der Waals surface area contributed by atoms with Crippen LogP contribution in [0.2, 0.25) is 0 Å². The van der Waals surface area contributed by atoms with Crippen LogP contribution < -0.4 is 11.1 Å². The lowest BCUT2D eigenvalue weighted by Gasteiger charge is -2.17. The fourth-order valence-electron chi connectivity index (χ4n) is 1.51. The van der Waals surface area contributed by atoms with Crippen LogP contribution in [-0.4, -0.2) is 22.0 Å². The monoisotopic (exact) mass is 267 g/mol. The summed E-state index contributed by atoms with van der Waals surface area (Å²) in [7, 11) is 0. The Morgan fingerprint density at radius 3 is 2.74 bits per heavy atom. The summed E-state index contributed by atoms with van der Waals surface area (Å²) in [6.07, 6.45) is 0.728. The van der Waals surface area contributed by atoms with Crippen LogP contribution >= 0.6 is 0 Å². The van der Waals surface area contributed by atoms with Crippen LogP contribution in [0.1, 0.15) is 20.3 Å². The highest BCUT2D eigenvalue weighted by Crippen LogP contribution is 2.28. The van der Waals surface area contributed by atoms with Crippen molar-refractivity contribution >= 4 is 17.3 Å². The third-order valence-electron chi connectivity index (χ3n) is 3.00. The van der Waals surface area contributed by atoms with Crippen molar-refractivity contribution in [2.24, 2.45) is 11.7 Å². The van der Waals surface area contributed by atoms with Crippen LogP contribution in [0.5, 0.6) is 5.75 Å². The number of carbonyl (C=O) groups is 1. The Morgan fingerprint density at radius 1 is 1.58 bits per heavy atom. The van der Waals surface area contributed by atoms with Crippen molar-refractivity contribution in [2.45, 2.75) is 26.3 Å². The second-order valence-corrected chi connectivity index (χ2v) is 4.36. The van der Waals surface area contributed by atoms with Crippen molar-refractivity contribution in [3.8, 4) is 5.75 Å². The molecule has 0 aliphatic carbocycles. The maximum Gasteiger partial charge on any atom is 0.296 e. The number of amides is 1. The zero-order valence-electron chi connectivity index (χ0n) is 10.8. The molecule has 0 heterocycles. The molecule has 0 aromatic heterocycles. The van der Waals surface area contributed by atoms with Crippen molar-refractivity contribution in [2.75, 3.05) is 5.32 Å². The van der Waals surface area contributed by atoms with Crippen LogP contribution in [0.25, 0.3) is 0 Å². The molecule has 0 saturated carbocycles. The first-order valence-electron chi connectivity index (χ1n) is 5.90. The van der Waals surface area contributed by atoms with Crippen molar-refractivity contribution in [1.29, 1.82) is 0 Å². The molecular formula is C12H17N3O4. The molecule has 0 saturated heterocycles. The maximum absolute atomic E-state index is 11.9. The number of nitrogens with one attached hydrogen (secondary N) is 1. The summed E-state index contributed by atoms with van der Waals surface area (Å²) in [5.41, 5.74) is 5.39. The Labute approximate surface area is 110 Å². The quantitative estimate of drug-likeness (QED) is 0.425. The Bertz CT molecular complexity index is 490. The van der Waals surface area contributed by atoms with Gasteiger partial charge in [-0.15, -0.1) is 0 Å². The highest BCUT2D eigenvalue weighted by molar-refractivity contribution is 5.96. The van der Waals surface area contributed by atoms with Gasteiger partial charge in [0.2, 0.25) is 5.91 Å².